The fourth-order valence-corrected chi connectivity index (χ4v) is 3.31. The summed E-state index contributed by atoms with van der Waals surface area (Å²) in [5.74, 6) is 0.792. The van der Waals surface area contributed by atoms with Gasteiger partial charge in [-0.2, -0.15) is 4.98 Å². The Kier molecular flexibility index (Phi) is 4.99. The van der Waals surface area contributed by atoms with Crippen LogP contribution in [-0.2, 0) is 0 Å². The zero-order valence-corrected chi connectivity index (χ0v) is 15.3. The first-order valence-corrected chi connectivity index (χ1v) is 8.60. The number of hydrogen-bond acceptors (Lipinski definition) is 5. The molecular weight excluding hydrogens is 340 g/mol. The van der Waals surface area contributed by atoms with E-state index in [-0.39, 0.29) is 7.43 Å². The van der Waals surface area contributed by atoms with E-state index in [2.05, 4.69) is 38.3 Å². The van der Waals surface area contributed by atoms with E-state index in [4.69, 9.17) is 9.26 Å². The maximum absolute atomic E-state index is 5.58. The normalized spacial score (nSPS) is 10.8. The van der Waals surface area contributed by atoms with Crippen LogP contribution in [0.5, 0.6) is 6.01 Å². The average molecular weight is 364 g/mol. The van der Waals surface area contributed by atoms with Crippen LogP contribution >= 0.6 is 0 Å². The number of nitrogens with one attached hydrogen (secondary N) is 1. The third-order valence-electron chi connectivity index (χ3n) is 4.47. The van der Waals surface area contributed by atoms with Gasteiger partial charge >= 0.3 is 0 Å². The molecule has 0 saturated carbocycles. The molecule has 3 aromatic heterocycles. The minimum Gasteiger partial charge on any atom is -0.465 e. The van der Waals surface area contributed by atoms with Gasteiger partial charge in [0.2, 0.25) is 0 Å². The van der Waals surface area contributed by atoms with Crippen LogP contribution in [0.4, 0.5) is 0 Å². The Morgan fingerprint density at radius 2 is 1.93 bits per heavy atom. The monoisotopic (exact) mass is 364 g/mol. The molecule has 0 saturated heterocycles. The number of aromatic amines is 1. The SMILES string of the molecule is C.CCOc1nc2c(-c3cccnc3C)cc(-c3c(C)noc3C)cc2[nH]1. The number of benzene rings is 1. The zero-order valence-electron chi connectivity index (χ0n) is 15.3. The van der Waals surface area contributed by atoms with Crippen molar-refractivity contribution in [2.24, 2.45) is 0 Å². The van der Waals surface area contributed by atoms with Crippen molar-refractivity contribution >= 4 is 11.0 Å². The Bertz CT molecular complexity index is 1080. The van der Waals surface area contributed by atoms with Crippen molar-refractivity contribution in [3.05, 3.63) is 47.6 Å². The first kappa shape index (κ1) is 18.6. The third kappa shape index (κ3) is 3.18. The minimum absolute atomic E-state index is 0. The van der Waals surface area contributed by atoms with Gasteiger partial charge in [0.15, 0.2) is 0 Å². The highest BCUT2D eigenvalue weighted by atomic mass is 16.5. The molecule has 0 unspecified atom stereocenters. The molecule has 1 aromatic carbocycles. The van der Waals surface area contributed by atoms with E-state index < -0.39 is 0 Å². The minimum atomic E-state index is 0. The largest absolute Gasteiger partial charge is 0.465 e. The Balaban J connectivity index is 0.00000210. The smallest absolute Gasteiger partial charge is 0.294 e. The van der Waals surface area contributed by atoms with Crippen LogP contribution in [0, 0.1) is 20.8 Å². The number of fused-ring (bicyclic) bond motifs is 1. The van der Waals surface area contributed by atoms with Gasteiger partial charge in [-0.1, -0.05) is 18.6 Å². The molecule has 27 heavy (non-hydrogen) atoms. The van der Waals surface area contributed by atoms with Crippen LogP contribution in [0.25, 0.3) is 33.3 Å². The van der Waals surface area contributed by atoms with Crippen molar-refractivity contribution in [1.29, 1.82) is 0 Å². The van der Waals surface area contributed by atoms with E-state index in [1.165, 1.54) is 0 Å². The summed E-state index contributed by atoms with van der Waals surface area (Å²) in [6, 6.07) is 8.69. The summed E-state index contributed by atoms with van der Waals surface area (Å²) in [5, 5.41) is 4.09. The Morgan fingerprint density at radius 3 is 2.59 bits per heavy atom. The van der Waals surface area contributed by atoms with Gasteiger partial charge in [0.1, 0.15) is 11.3 Å². The average Bonchev–Trinajstić information content (AvgIpc) is 3.17. The predicted octanol–water partition coefficient (Wildman–Crippen LogP) is 5.24. The highest BCUT2D eigenvalue weighted by Crippen LogP contribution is 2.37. The molecule has 0 spiro atoms. The maximum Gasteiger partial charge on any atom is 0.294 e. The molecule has 4 aromatic rings. The molecule has 140 valence electrons. The fraction of sp³-hybridized carbons (Fsp3) is 0.286. The fourth-order valence-electron chi connectivity index (χ4n) is 3.31. The van der Waals surface area contributed by atoms with Gasteiger partial charge < -0.3 is 14.2 Å². The molecule has 4 rings (SSSR count). The van der Waals surface area contributed by atoms with Gasteiger partial charge in [-0.3, -0.25) is 4.98 Å². The van der Waals surface area contributed by atoms with Crippen molar-refractivity contribution in [2.45, 2.75) is 35.1 Å². The molecule has 0 atom stereocenters. The zero-order chi connectivity index (χ0) is 18.3. The summed E-state index contributed by atoms with van der Waals surface area (Å²) in [4.78, 5) is 12.3. The highest BCUT2D eigenvalue weighted by Gasteiger charge is 2.18. The number of aryl methyl sites for hydroxylation is 3. The Hall–Kier alpha value is -3.15. The summed E-state index contributed by atoms with van der Waals surface area (Å²) in [5.41, 5.74) is 7.65. The van der Waals surface area contributed by atoms with E-state index >= 15 is 0 Å². The van der Waals surface area contributed by atoms with E-state index in [9.17, 15) is 0 Å². The van der Waals surface area contributed by atoms with Gasteiger partial charge in [-0.25, -0.2) is 0 Å². The van der Waals surface area contributed by atoms with Gasteiger partial charge in [0.25, 0.3) is 6.01 Å². The third-order valence-corrected chi connectivity index (χ3v) is 4.47. The van der Waals surface area contributed by atoms with Crippen molar-refractivity contribution in [2.75, 3.05) is 6.61 Å². The number of rotatable bonds is 4. The molecule has 0 bridgehead atoms. The summed E-state index contributed by atoms with van der Waals surface area (Å²) in [7, 11) is 0. The van der Waals surface area contributed by atoms with E-state index in [0.717, 1.165) is 50.4 Å². The molecule has 0 aliphatic rings. The van der Waals surface area contributed by atoms with Crippen molar-refractivity contribution in [3.63, 3.8) is 0 Å². The van der Waals surface area contributed by atoms with Crippen LogP contribution in [0.15, 0.2) is 35.0 Å². The van der Waals surface area contributed by atoms with Crippen LogP contribution in [0.2, 0.25) is 0 Å². The van der Waals surface area contributed by atoms with Crippen molar-refractivity contribution in [1.82, 2.24) is 20.1 Å². The second kappa shape index (κ2) is 7.23. The molecule has 0 radical (unpaired) electrons. The summed E-state index contributed by atoms with van der Waals surface area (Å²) in [6.45, 7) is 8.36. The lowest BCUT2D eigenvalue weighted by Gasteiger charge is -2.09. The standard InChI is InChI=1S/C20H20N4O2.CH4/c1-5-25-20-22-17-10-14(18-12(3)24-26-13(18)4)9-16(19(17)23-20)15-7-6-8-21-11(15)2;/h6-10H,5H2,1-4H3,(H,22,23);1H4. The number of nitrogens with zero attached hydrogens (tertiary/aromatic N) is 3. The molecule has 0 amide bonds. The van der Waals surface area contributed by atoms with Gasteiger partial charge in [-0.15, -0.1) is 0 Å². The van der Waals surface area contributed by atoms with Gasteiger partial charge in [0, 0.05) is 28.6 Å². The molecule has 3 heterocycles. The van der Waals surface area contributed by atoms with Crippen LogP contribution in [0.3, 0.4) is 0 Å². The van der Waals surface area contributed by atoms with E-state index in [0.29, 0.717) is 12.6 Å². The lowest BCUT2D eigenvalue weighted by atomic mass is 9.96. The molecular formula is C21H24N4O2. The summed E-state index contributed by atoms with van der Waals surface area (Å²) >= 11 is 0. The molecule has 6 heteroatoms. The molecule has 0 aliphatic heterocycles. The molecule has 0 aliphatic carbocycles. The second-order valence-electron chi connectivity index (χ2n) is 6.23. The summed E-state index contributed by atoms with van der Waals surface area (Å²) in [6.07, 6.45) is 1.80. The Morgan fingerprint density at radius 1 is 1.11 bits per heavy atom. The lowest BCUT2D eigenvalue weighted by molar-refractivity contribution is 0.317. The number of hydrogen-bond donors (Lipinski definition) is 1. The highest BCUT2D eigenvalue weighted by molar-refractivity contribution is 5.97. The predicted molar refractivity (Wildman–Crippen MR) is 107 cm³/mol. The van der Waals surface area contributed by atoms with Gasteiger partial charge in [-0.05, 0) is 51.5 Å². The first-order chi connectivity index (χ1) is 12.6. The molecule has 1 N–H and O–H groups in total. The summed E-state index contributed by atoms with van der Waals surface area (Å²) < 4.78 is 10.9. The lowest BCUT2D eigenvalue weighted by Crippen LogP contribution is -1.92. The maximum atomic E-state index is 5.58. The number of pyridine rings is 1. The number of H-pyrrole nitrogens is 1. The van der Waals surface area contributed by atoms with Crippen molar-refractivity contribution in [3.8, 4) is 28.3 Å². The quantitative estimate of drug-likeness (QED) is 0.536. The number of aromatic nitrogens is 4. The first-order valence-electron chi connectivity index (χ1n) is 8.60. The number of imidazole rings is 1. The molecule has 6 nitrogen and oxygen atoms in total. The molecule has 0 fully saturated rings. The van der Waals surface area contributed by atoms with Crippen LogP contribution in [-0.4, -0.2) is 26.7 Å². The Labute approximate surface area is 158 Å². The van der Waals surface area contributed by atoms with Crippen LogP contribution in [0.1, 0.15) is 31.5 Å². The van der Waals surface area contributed by atoms with Crippen molar-refractivity contribution < 1.29 is 9.26 Å². The van der Waals surface area contributed by atoms with Gasteiger partial charge in [0.05, 0.1) is 17.8 Å². The van der Waals surface area contributed by atoms with E-state index in [1.54, 1.807) is 6.20 Å². The number of ether oxygens (including phenoxy) is 1. The topological polar surface area (TPSA) is 76.8 Å². The van der Waals surface area contributed by atoms with E-state index in [1.807, 2.05) is 33.8 Å². The van der Waals surface area contributed by atoms with Crippen LogP contribution < -0.4 is 4.74 Å². The second-order valence-corrected chi connectivity index (χ2v) is 6.23.